The summed E-state index contributed by atoms with van der Waals surface area (Å²) >= 11 is 5.95. The fraction of sp³-hybridized carbons (Fsp3) is 0.462. The molecule has 0 bridgehead atoms. The molecule has 1 rings (SSSR count). The summed E-state index contributed by atoms with van der Waals surface area (Å²) in [6.45, 7) is 2.23. The van der Waals surface area contributed by atoms with E-state index in [4.69, 9.17) is 17.3 Å². The average molecular weight is 309 g/mol. The van der Waals surface area contributed by atoms with Gasteiger partial charge < -0.3 is 11.1 Å². The Kier molecular flexibility index (Phi) is 5.05. The highest BCUT2D eigenvalue weighted by molar-refractivity contribution is 6.31. The minimum absolute atomic E-state index is 0.319. The van der Waals surface area contributed by atoms with Gasteiger partial charge in [0.25, 0.3) is 0 Å². The SMILES string of the molecule is CC(Cc1ccccc1Cl)NC(=O)C(C)(N)C(F)(F)F. The summed E-state index contributed by atoms with van der Waals surface area (Å²) in [5, 5.41) is 2.76. The van der Waals surface area contributed by atoms with Gasteiger partial charge in [0, 0.05) is 11.1 Å². The number of carbonyl (C=O) groups is 1. The van der Waals surface area contributed by atoms with Gasteiger partial charge in [-0.2, -0.15) is 13.2 Å². The second-order valence-corrected chi connectivity index (χ2v) is 5.28. The maximum atomic E-state index is 12.6. The molecule has 0 heterocycles. The van der Waals surface area contributed by atoms with Crippen LogP contribution in [0.3, 0.4) is 0 Å². The molecule has 3 nitrogen and oxygen atoms in total. The Morgan fingerprint density at radius 2 is 1.95 bits per heavy atom. The Hall–Kier alpha value is -1.27. The Labute approximate surface area is 120 Å². The van der Waals surface area contributed by atoms with Crippen molar-refractivity contribution in [3.8, 4) is 0 Å². The molecule has 2 atom stereocenters. The first-order valence-corrected chi connectivity index (χ1v) is 6.33. The van der Waals surface area contributed by atoms with Gasteiger partial charge in [-0.15, -0.1) is 0 Å². The number of hydrogen-bond acceptors (Lipinski definition) is 2. The molecule has 1 amide bonds. The van der Waals surface area contributed by atoms with Crippen molar-refractivity contribution in [2.24, 2.45) is 5.73 Å². The van der Waals surface area contributed by atoms with Gasteiger partial charge in [0.15, 0.2) is 5.54 Å². The number of alkyl halides is 3. The maximum absolute atomic E-state index is 12.6. The monoisotopic (exact) mass is 308 g/mol. The van der Waals surface area contributed by atoms with Crippen LogP contribution < -0.4 is 11.1 Å². The smallest absolute Gasteiger partial charge is 0.351 e. The van der Waals surface area contributed by atoms with Gasteiger partial charge in [-0.3, -0.25) is 4.79 Å². The first kappa shape index (κ1) is 16.8. The quantitative estimate of drug-likeness (QED) is 0.898. The summed E-state index contributed by atoms with van der Waals surface area (Å²) in [7, 11) is 0. The molecule has 3 N–H and O–H groups in total. The van der Waals surface area contributed by atoms with Crippen LogP contribution >= 0.6 is 11.6 Å². The number of nitrogens with one attached hydrogen (secondary N) is 1. The molecule has 7 heteroatoms. The zero-order chi connectivity index (χ0) is 15.6. The van der Waals surface area contributed by atoms with Crippen molar-refractivity contribution >= 4 is 17.5 Å². The molecule has 2 unspecified atom stereocenters. The van der Waals surface area contributed by atoms with Crippen molar-refractivity contribution in [1.82, 2.24) is 5.32 Å². The van der Waals surface area contributed by atoms with E-state index in [0.29, 0.717) is 18.4 Å². The lowest BCUT2D eigenvalue weighted by atomic mass is 10.0. The van der Waals surface area contributed by atoms with Gasteiger partial charge in [0.2, 0.25) is 5.91 Å². The van der Waals surface area contributed by atoms with E-state index >= 15 is 0 Å². The molecule has 0 saturated heterocycles. The molecule has 0 saturated carbocycles. The molecule has 0 aromatic heterocycles. The normalized spacial score (nSPS) is 16.4. The van der Waals surface area contributed by atoms with Crippen LogP contribution in [-0.4, -0.2) is 23.7 Å². The lowest BCUT2D eigenvalue weighted by Gasteiger charge is -2.28. The van der Waals surface area contributed by atoms with E-state index in [1.54, 1.807) is 31.2 Å². The van der Waals surface area contributed by atoms with E-state index in [1.165, 1.54) is 0 Å². The van der Waals surface area contributed by atoms with Crippen LogP contribution in [-0.2, 0) is 11.2 Å². The topological polar surface area (TPSA) is 55.1 Å². The Morgan fingerprint density at radius 3 is 2.45 bits per heavy atom. The number of amides is 1. The van der Waals surface area contributed by atoms with Crippen LogP contribution in [0.4, 0.5) is 13.2 Å². The molecule has 0 fully saturated rings. The molecule has 112 valence electrons. The standard InChI is InChI=1S/C13H16ClF3N2O/c1-8(7-9-5-3-4-6-10(9)14)19-11(20)12(2,18)13(15,16)17/h3-6,8H,7,18H2,1-2H3,(H,19,20). The molecule has 0 aliphatic carbocycles. The third-order valence-corrected chi connectivity index (χ3v) is 3.29. The summed E-state index contributed by atoms with van der Waals surface area (Å²) < 4.78 is 37.9. The maximum Gasteiger partial charge on any atom is 0.415 e. The van der Waals surface area contributed by atoms with Gasteiger partial charge in [-0.05, 0) is 31.9 Å². The molecule has 20 heavy (non-hydrogen) atoms. The number of carbonyl (C=O) groups excluding carboxylic acids is 1. The van der Waals surface area contributed by atoms with Gasteiger partial charge in [0.1, 0.15) is 0 Å². The van der Waals surface area contributed by atoms with Crippen molar-refractivity contribution in [3.05, 3.63) is 34.9 Å². The van der Waals surface area contributed by atoms with Crippen molar-refractivity contribution in [3.63, 3.8) is 0 Å². The van der Waals surface area contributed by atoms with Crippen molar-refractivity contribution in [2.45, 2.75) is 38.0 Å². The van der Waals surface area contributed by atoms with E-state index in [0.717, 1.165) is 5.56 Å². The zero-order valence-electron chi connectivity index (χ0n) is 11.1. The molecule has 1 aromatic rings. The fourth-order valence-corrected chi connectivity index (χ4v) is 1.76. The zero-order valence-corrected chi connectivity index (χ0v) is 11.8. The Balaban J connectivity index is 2.70. The predicted molar refractivity (Wildman–Crippen MR) is 71.4 cm³/mol. The van der Waals surface area contributed by atoms with E-state index in [-0.39, 0.29) is 0 Å². The summed E-state index contributed by atoms with van der Waals surface area (Å²) in [5.74, 6) is -1.26. The summed E-state index contributed by atoms with van der Waals surface area (Å²) in [6.07, 6.45) is -4.49. The molecular weight excluding hydrogens is 293 g/mol. The number of rotatable bonds is 4. The molecule has 0 radical (unpaired) electrons. The van der Waals surface area contributed by atoms with Gasteiger partial charge in [-0.25, -0.2) is 0 Å². The third kappa shape index (κ3) is 3.86. The van der Waals surface area contributed by atoms with Crippen molar-refractivity contribution < 1.29 is 18.0 Å². The number of benzene rings is 1. The number of nitrogens with two attached hydrogens (primary N) is 1. The second kappa shape index (κ2) is 6.01. The minimum Gasteiger partial charge on any atom is -0.351 e. The van der Waals surface area contributed by atoms with Crippen LogP contribution in [0.1, 0.15) is 19.4 Å². The first-order chi connectivity index (χ1) is 9.05. The first-order valence-electron chi connectivity index (χ1n) is 5.95. The minimum atomic E-state index is -4.80. The number of hydrogen-bond donors (Lipinski definition) is 2. The fourth-order valence-electron chi connectivity index (χ4n) is 1.55. The highest BCUT2D eigenvalue weighted by atomic mass is 35.5. The average Bonchev–Trinajstić information content (AvgIpc) is 2.30. The Morgan fingerprint density at radius 1 is 1.40 bits per heavy atom. The molecule has 0 aliphatic rings. The molecule has 1 aromatic carbocycles. The van der Waals surface area contributed by atoms with E-state index in [2.05, 4.69) is 5.32 Å². The number of halogens is 4. The van der Waals surface area contributed by atoms with Gasteiger partial charge in [0.05, 0.1) is 0 Å². The lowest BCUT2D eigenvalue weighted by Crippen LogP contribution is -2.62. The highest BCUT2D eigenvalue weighted by Gasteiger charge is 2.54. The van der Waals surface area contributed by atoms with E-state index in [9.17, 15) is 18.0 Å². The Bertz CT molecular complexity index is 489. The van der Waals surface area contributed by atoms with Gasteiger partial charge in [-0.1, -0.05) is 29.8 Å². The molecule has 0 spiro atoms. The van der Waals surface area contributed by atoms with Crippen LogP contribution in [0.25, 0.3) is 0 Å². The highest BCUT2D eigenvalue weighted by Crippen LogP contribution is 2.28. The van der Waals surface area contributed by atoms with Crippen LogP contribution in [0.15, 0.2) is 24.3 Å². The van der Waals surface area contributed by atoms with Crippen LogP contribution in [0.5, 0.6) is 0 Å². The summed E-state index contributed by atoms with van der Waals surface area (Å²) in [5.41, 5.74) is 2.87. The van der Waals surface area contributed by atoms with E-state index in [1.807, 2.05) is 0 Å². The van der Waals surface area contributed by atoms with E-state index < -0.39 is 23.7 Å². The molecule has 0 aliphatic heterocycles. The van der Waals surface area contributed by atoms with Crippen molar-refractivity contribution in [2.75, 3.05) is 0 Å². The third-order valence-electron chi connectivity index (χ3n) is 2.92. The summed E-state index contributed by atoms with van der Waals surface area (Å²) in [6, 6.07) is 6.41. The summed E-state index contributed by atoms with van der Waals surface area (Å²) in [4.78, 5) is 11.6. The second-order valence-electron chi connectivity index (χ2n) is 4.87. The predicted octanol–water partition coefficient (Wildman–Crippen LogP) is 2.67. The van der Waals surface area contributed by atoms with Crippen molar-refractivity contribution in [1.29, 1.82) is 0 Å². The van der Waals surface area contributed by atoms with Crippen LogP contribution in [0, 0.1) is 0 Å². The molecular formula is C13H16ClF3N2O. The lowest BCUT2D eigenvalue weighted by molar-refractivity contribution is -0.187. The largest absolute Gasteiger partial charge is 0.415 e. The van der Waals surface area contributed by atoms with Crippen LogP contribution in [0.2, 0.25) is 5.02 Å². The van der Waals surface area contributed by atoms with Gasteiger partial charge >= 0.3 is 6.18 Å².